The number of benzene rings is 2. The first-order valence-corrected chi connectivity index (χ1v) is 11.2. The fourth-order valence-corrected chi connectivity index (χ4v) is 4.95. The molecular weight excluding hydrogens is 406 g/mol. The predicted octanol–water partition coefficient (Wildman–Crippen LogP) is 3.22. The zero-order valence-electron chi connectivity index (χ0n) is 18.1. The predicted molar refractivity (Wildman–Crippen MR) is 118 cm³/mol. The van der Waals surface area contributed by atoms with Gasteiger partial charge >= 0.3 is 6.09 Å². The highest BCUT2D eigenvalue weighted by Gasteiger charge is 2.58. The van der Waals surface area contributed by atoms with Crippen molar-refractivity contribution in [1.82, 2.24) is 9.80 Å². The van der Waals surface area contributed by atoms with E-state index in [2.05, 4.69) is 0 Å². The van der Waals surface area contributed by atoms with Crippen LogP contribution in [0.1, 0.15) is 42.9 Å². The van der Waals surface area contributed by atoms with Crippen molar-refractivity contribution in [1.29, 1.82) is 0 Å². The summed E-state index contributed by atoms with van der Waals surface area (Å²) < 4.78 is 5.65. The number of nitrogens with zero attached hydrogens (tertiary/aromatic N) is 2. The molecule has 166 valence electrons. The Hall–Kier alpha value is -3.35. The van der Waals surface area contributed by atoms with Crippen LogP contribution in [0.3, 0.4) is 0 Å². The first kappa shape index (κ1) is 20.5. The van der Waals surface area contributed by atoms with Gasteiger partial charge in [-0.3, -0.25) is 9.59 Å². The molecule has 2 atom stereocenters. The molecule has 5 rings (SSSR count). The Morgan fingerprint density at radius 2 is 1.97 bits per heavy atom. The Labute approximate surface area is 187 Å². The largest absolute Gasteiger partial charge is 0.427 e. The molecule has 7 nitrogen and oxygen atoms in total. The zero-order valence-corrected chi connectivity index (χ0v) is 18.1. The van der Waals surface area contributed by atoms with Crippen molar-refractivity contribution in [2.24, 2.45) is 5.92 Å². The third kappa shape index (κ3) is 3.42. The number of imide groups is 1. The van der Waals surface area contributed by atoms with Crippen LogP contribution < -0.4 is 5.73 Å². The SMILES string of the molecule is C[C@@H](C1CC1)N(Cc1ccccc1)C(=O)CN1C(=O)O[C@]2(CCc3ccc(N)cc32)C1=O. The Kier molecular flexibility index (Phi) is 4.92. The highest BCUT2D eigenvalue weighted by Crippen LogP contribution is 2.46. The van der Waals surface area contributed by atoms with Gasteiger partial charge in [0.05, 0.1) is 0 Å². The van der Waals surface area contributed by atoms with Crippen LogP contribution in [0.5, 0.6) is 0 Å². The number of carbonyl (C=O) groups excluding carboxylic acids is 3. The number of hydrogen-bond acceptors (Lipinski definition) is 5. The quantitative estimate of drug-likeness (QED) is 0.706. The van der Waals surface area contributed by atoms with Crippen molar-refractivity contribution in [2.75, 3.05) is 12.3 Å². The molecule has 3 amide bonds. The third-order valence-electron chi connectivity index (χ3n) is 6.99. The Morgan fingerprint density at radius 3 is 2.69 bits per heavy atom. The van der Waals surface area contributed by atoms with E-state index in [4.69, 9.17) is 10.5 Å². The molecule has 0 aromatic heterocycles. The Balaban J connectivity index is 1.38. The fraction of sp³-hybridized carbons (Fsp3) is 0.400. The van der Waals surface area contributed by atoms with Gasteiger partial charge in [-0.25, -0.2) is 9.69 Å². The number of amides is 3. The highest BCUT2D eigenvalue weighted by molar-refractivity contribution is 6.06. The summed E-state index contributed by atoms with van der Waals surface area (Å²) in [5.41, 5.74) is 7.67. The summed E-state index contributed by atoms with van der Waals surface area (Å²) >= 11 is 0. The van der Waals surface area contributed by atoms with Gasteiger partial charge in [0.25, 0.3) is 5.91 Å². The van der Waals surface area contributed by atoms with Gasteiger partial charge in [0, 0.05) is 30.3 Å². The van der Waals surface area contributed by atoms with Crippen molar-refractivity contribution in [3.8, 4) is 0 Å². The molecule has 7 heteroatoms. The number of rotatable bonds is 6. The van der Waals surface area contributed by atoms with Crippen LogP contribution in [-0.4, -0.2) is 40.3 Å². The third-order valence-corrected chi connectivity index (χ3v) is 6.99. The summed E-state index contributed by atoms with van der Waals surface area (Å²) in [6.07, 6.45) is 2.40. The molecule has 0 unspecified atom stereocenters. The molecule has 2 N–H and O–H groups in total. The minimum Gasteiger partial charge on any atom is -0.427 e. The lowest BCUT2D eigenvalue weighted by atomic mass is 9.94. The fourth-order valence-electron chi connectivity index (χ4n) is 4.95. The van der Waals surface area contributed by atoms with Crippen LogP contribution >= 0.6 is 0 Å². The molecule has 1 saturated carbocycles. The monoisotopic (exact) mass is 433 g/mol. The van der Waals surface area contributed by atoms with Gasteiger partial charge in [0.1, 0.15) is 6.54 Å². The number of nitrogen functional groups attached to an aromatic ring is 1. The molecule has 1 spiro atoms. The molecule has 1 aliphatic heterocycles. The smallest absolute Gasteiger partial charge is 0.418 e. The Morgan fingerprint density at radius 1 is 1.22 bits per heavy atom. The van der Waals surface area contributed by atoms with Gasteiger partial charge in [-0.2, -0.15) is 0 Å². The highest BCUT2D eigenvalue weighted by atomic mass is 16.6. The van der Waals surface area contributed by atoms with E-state index in [0.29, 0.717) is 36.6 Å². The molecule has 0 bridgehead atoms. The minimum absolute atomic E-state index is 0.0393. The van der Waals surface area contributed by atoms with Crippen molar-refractivity contribution >= 4 is 23.6 Å². The number of aryl methyl sites for hydroxylation is 1. The van der Waals surface area contributed by atoms with Crippen LogP contribution in [-0.2, 0) is 32.9 Å². The first-order chi connectivity index (χ1) is 15.4. The summed E-state index contributed by atoms with van der Waals surface area (Å²) in [6.45, 7) is 2.17. The van der Waals surface area contributed by atoms with Crippen LogP contribution in [0.2, 0.25) is 0 Å². The molecule has 32 heavy (non-hydrogen) atoms. The molecule has 1 heterocycles. The van der Waals surface area contributed by atoms with E-state index >= 15 is 0 Å². The minimum atomic E-state index is -1.37. The Bertz CT molecular complexity index is 1080. The first-order valence-electron chi connectivity index (χ1n) is 11.2. The second kappa shape index (κ2) is 7.65. The summed E-state index contributed by atoms with van der Waals surface area (Å²) in [5.74, 6) is -0.264. The van der Waals surface area contributed by atoms with Gasteiger partial charge in [0.2, 0.25) is 11.5 Å². The molecule has 2 fully saturated rings. The van der Waals surface area contributed by atoms with Crippen molar-refractivity contribution in [3.05, 3.63) is 65.2 Å². The number of anilines is 1. The lowest BCUT2D eigenvalue weighted by Gasteiger charge is -2.30. The number of carbonyl (C=O) groups is 3. The van der Waals surface area contributed by atoms with E-state index in [-0.39, 0.29) is 18.5 Å². The number of hydrogen-bond donors (Lipinski definition) is 1. The van der Waals surface area contributed by atoms with E-state index in [0.717, 1.165) is 28.9 Å². The average molecular weight is 434 g/mol. The maximum absolute atomic E-state index is 13.4. The lowest BCUT2D eigenvalue weighted by molar-refractivity contribution is -0.143. The van der Waals surface area contributed by atoms with Crippen LogP contribution in [0.15, 0.2) is 48.5 Å². The molecule has 3 aliphatic rings. The molecule has 0 radical (unpaired) electrons. The molecule has 2 aromatic rings. The van der Waals surface area contributed by atoms with Crippen LogP contribution in [0, 0.1) is 5.92 Å². The summed E-state index contributed by atoms with van der Waals surface area (Å²) in [5, 5.41) is 0. The number of nitrogens with two attached hydrogens (primary N) is 1. The van der Waals surface area contributed by atoms with Crippen molar-refractivity contribution < 1.29 is 19.1 Å². The number of fused-ring (bicyclic) bond motifs is 2. The topological polar surface area (TPSA) is 92.9 Å². The molecule has 1 saturated heterocycles. The number of ether oxygens (including phenoxy) is 1. The second-order valence-corrected chi connectivity index (χ2v) is 9.09. The zero-order chi connectivity index (χ0) is 22.5. The maximum atomic E-state index is 13.4. The standard InChI is InChI=1S/C25H27N3O4/c1-16(18-7-8-18)27(14-17-5-3-2-4-6-17)22(29)15-28-23(30)25(32-24(28)31)12-11-19-9-10-20(26)13-21(19)25/h2-6,9-10,13,16,18H,7-8,11-12,14-15,26H2,1H3/t16-,25-/m0/s1. The van der Waals surface area contributed by atoms with Gasteiger partial charge in [-0.15, -0.1) is 0 Å². The summed E-state index contributed by atoms with van der Waals surface area (Å²) in [6, 6.07) is 15.2. The molecule has 2 aliphatic carbocycles. The van der Waals surface area contributed by atoms with Crippen molar-refractivity contribution in [3.63, 3.8) is 0 Å². The molecule has 2 aromatic carbocycles. The van der Waals surface area contributed by atoms with E-state index in [1.165, 1.54) is 0 Å². The summed E-state index contributed by atoms with van der Waals surface area (Å²) in [4.78, 5) is 42.3. The van der Waals surface area contributed by atoms with Gasteiger partial charge in [-0.1, -0.05) is 36.4 Å². The van der Waals surface area contributed by atoms with E-state index in [1.54, 1.807) is 17.0 Å². The van der Waals surface area contributed by atoms with E-state index in [9.17, 15) is 14.4 Å². The van der Waals surface area contributed by atoms with E-state index < -0.39 is 17.6 Å². The average Bonchev–Trinajstić information content (AvgIpc) is 3.54. The van der Waals surface area contributed by atoms with Crippen LogP contribution in [0.4, 0.5) is 10.5 Å². The molecular formula is C25H27N3O4. The van der Waals surface area contributed by atoms with E-state index in [1.807, 2.05) is 43.3 Å². The summed E-state index contributed by atoms with van der Waals surface area (Å²) in [7, 11) is 0. The maximum Gasteiger partial charge on any atom is 0.418 e. The van der Waals surface area contributed by atoms with Gasteiger partial charge < -0.3 is 15.4 Å². The van der Waals surface area contributed by atoms with Gasteiger partial charge in [0.15, 0.2) is 0 Å². The second-order valence-electron chi connectivity index (χ2n) is 9.09. The lowest BCUT2D eigenvalue weighted by Crippen LogP contribution is -2.47. The normalized spacial score (nSPS) is 22.7. The van der Waals surface area contributed by atoms with Gasteiger partial charge in [-0.05, 0) is 55.4 Å². The van der Waals surface area contributed by atoms with Crippen molar-refractivity contribution in [2.45, 2.75) is 50.8 Å². The van der Waals surface area contributed by atoms with Crippen LogP contribution in [0.25, 0.3) is 0 Å².